The van der Waals surface area contributed by atoms with Gasteiger partial charge in [-0.05, 0) is 37.3 Å². The van der Waals surface area contributed by atoms with Crippen molar-refractivity contribution >= 4 is 0 Å². The first-order valence-corrected chi connectivity index (χ1v) is 7.75. The SMILES string of the molecule is NCC1(CC2COc3ccccc32)CCCCCC1. The van der Waals surface area contributed by atoms with E-state index in [1.807, 2.05) is 0 Å². The van der Waals surface area contributed by atoms with Crippen LogP contribution in [0.3, 0.4) is 0 Å². The highest BCUT2D eigenvalue weighted by Gasteiger charge is 2.35. The molecule has 19 heavy (non-hydrogen) atoms. The fourth-order valence-corrected chi connectivity index (χ4v) is 3.89. The summed E-state index contributed by atoms with van der Waals surface area (Å²) in [6, 6.07) is 8.51. The number of fused-ring (bicyclic) bond motifs is 1. The van der Waals surface area contributed by atoms with Gasteiger partial charge in [-0.1, -0.05) is 43.9 Å². The van der Waals surface area contributed by atoms with Crippen molar-refractivity contribution in [1.82, 2.24) is 0 Å². The summed E-state index contributed by atoms with van der Waals surface area (Å²) in [6.07, 6.45) is 9.31. The molecule has 1 aromatic rings. The Morgan fingerprint density at radius 2 is 1.84 bits per heavy atom. The lowest BCUT2D eigenvalue weighted by molar-refractivity contribution is 0.198. The van der Waals surface area contributed by atoms with E-state index in [9.17, 15) is 0 Å². The van der Waals surface area contributed by atoms with Crippen molar-refractivity contribution in [2.75, 3.05) is 13.2 Å². The Balaban J connectivity index is 1.76. The molecule has 2 N–H and O–H groups in total. The average Bonchev–Trinajstić information content (AvgIpc) is 2.70. The van der Waals surface area contributed by atoms with Crippen molar-refractivity contribution in [3.63, 3.8) is 0 Å². The summed E-state index contributed by atoms with van der Waals surface area (Å²) in [5.74, 6) is 1.64. The maximum absolute atomic E-state index is 6.16. The van der Waals surface area contributed by atoms with Crippen LogP contribution in [-0.4, -0.2) is 13.2 Å². The van der Waals surface area contributed by atoms with Gasteiger partial charge in [0.15, 0.2) is 0 Å². The van der Waals surface area contributed by atoms with E-state index in [4.69, 9.17) is 10.5 Å². The average molecular weight is 259 g/mol. The highest BCUT2D eigenvalue weighted by Crippen LogP contribution is 2.45. The molecular weight excluding hydrogens is 234 g/mol. The van der Waals surface area contributed by atoms with E-state index in [1.165, 1.54) is 50.5 Å². The Labute approximate surface area is 116 Å². The highest BCUT2D eigenvalue weighted by atomic mass is 16.5. The number of hydrogen-bond donors (Lipinski definition) is 1. The van der Waals surface area contributed by atoms with Gasteiger partial charge in [0.25, 0.3) is 0 Å². The Morgan fingerprint density at radius 3 is 2.58 bits per heavy atom. The lowest BCUT2D eigenvalue weighted by Gasteiger charge is -2.33. The van der Waals surface area contributed by atoms with Crippen LogP contribution in [-0.2, 0) is 0 Å². The molecule has 1 fully saturated rings. The third-order valence-electron chi connectivity index (χ3n) is 5.08. The summed E-state index contributed by atoms with van der Waals surface area (Å²) in [5.41, 5.74) is 7.93. The number of hydrogen-bond acceptors (Lipinski definition) is 2. The minimum atomic E-state index is 0.363. The van der Waals surface area contributed by atoms with E-state index in [2.05, 4.69) is 24.3 Å². The van der Waals surface area contributed by atoms with E-state index in [1.54, 1.807) is 0 Å². The summed E-state index contributed by atoms with van der Waals surface area (Å²) >= 11 is 0. The fourth-order valence-electron chi connectivity index (χ4n) is 3.89. The molecule has 0 aromatic heterocycles. The predicted octanol–water partition coefficient (Wildman–Crippen LogP) is 3.85. The van der Waals surface area contributed by atoms with Gasteiger partial charge in [-0.3, -0.25) is 0 Å². The number of nitrogens with two attached hydrogens (primary N) is 1. The molecule has 1 saturated carbocycles. The summed E-state index contributed by atoms with van der Waals surface area (Å²) in [6.45, 7) is 1.69. The first kappa shape index (κ1) is 13.0. The molecule has 1 aliphatic heterocycles. The van der Waals surface area contributed by atoms with Gasteiger partial charge in [0.05, 0.1) is 6.61 Å². The zero-order valence-electron chi connectivity index (χ0n) is 11.7. The third-order valence-corrected chi connectivity index (χ3v) is 5.08. The molecule has 0 saturated heterocycles. The summed E-state index contributed by atoms with van der Waals surface area (Å²) in [7, 11) is 0. The van der Waals surface area contributed by atoms with E-state index < -0.39 is 0 Å². The van der Waals surface area contributed by atoms with Crippen molar-refractivity contribution < 1.29 is 4.74 Å². The largest absolute Gasteiger partial charge is 0.493 e. The van der Waals surface area contributed by atoms with Crippen LogP contribution >= 0.6 is 0 Å². The maximum Gasteiger partial charge on any atom is 0.122 e. The molecule has 0 radical (unpaired) electrons. The molecule has 1 aromatic carbocycles. The van der Waals surface area contributed by atoms with Crippen molar-refractivity contribution in [2.45, 2.75) is 50.9 Å². The molecule has 0 bridgehead atoms. The molecule has 0 amide bonds. The Morgan fingerprint density at radius 1 is 1.11 bits per heavy atom. The van der Waals surface area contributed by atoms with Crippen LogP contribution in [0.4, 0.5) is 0 Å². The molecule has 2 heteroatoms. The van der Waals surface area contributed by atoms with E-state index in [0.717, 1.165) is 18.9 Å². The molecule has 1 heterocycles. The monoisotopic (exact) mass is 259 g/mol. The highest BCUT2D eigenvalue weighted by molar-refractivity contribution is 5.39. The van der Waals surface area contributed by atoms with Crippen LogP contribution in [0.15, 0.2) is 24.3 Å². The lowest BCUT2D eigenvalue weighted by Crippen LogP contribution is -2.32. The van der Waals surface area contributed by atoms with Gasteiger partial charge in [-0.15, -0.1) is 0 Å². The Hall–Kier alpha value is -1.02. The first-order valence-electron chi connectivity index (χ1n) is 7.75. The van der Waals surface area contributed by atoms with Crippen molar-refractivity contribution in [3.05, 3.63) is 29.8 Å². The van der Waals surface area contributed by atoms with Crippen LogP contribution in [0.25, 0.3) is 0 Å². The number of benzene rings is 1. The van der Waals surface area contributed by atoms with Gasteiger partial charge in [0.1, 0.15) is 5.75 Å². The quantitative estimate of drug-likeness (QED) is 0.837. The van der Waals surface area contributed by atoms with Crippen molar-refractivity contribution in [1.29, 1.82) is 0 Å². The zero-order chi connectivity index (χ0) is 13.1. The molecule has 104 valence electrons. The minimum absolute atomic E-state index is 0.363. The molecule has 1 unspecified atom stereocenters. The predicted molar refractivity (Wildman–Crippen MR) is 78.5 cm³/mol. The van der Waals surface area contributed by atoms with Crippen LogP contribution in [0.1, 0.15) is 56.4 Å². The Kier molecular flexibility index (Phi) is 3.79. The molecule has 2 aliphatic rings. The van der Waals surface area contributed by atoms with E-state index >= 15 is 0 Å². The van der Waals surface area contributed by atoms with Gasteiger partial charge in [0, 0.05) is 11.5 Å². The molecule has 1 atom stereocenters. The second kappa shape index (κ2) is 5.54. The third kappa shape index (κ3) is 2.64. The van der Waals surface area contributed by atoms with Crippen LogP contribution < -0.4 is 10.5 Å². The summed E-state index contributed by atoms with van der Waals surface area (Å²) in [5, 5.41) is 0. The molecule has 0 spiro atoms. The van der Waals surface area contributed by atoms with Crippen molar-refractivity contribution in [3.8, 4) is 5.75 Å². The van der Waals surface area contributed by atoms with Crippen molar-refractivity contribution in [2.24, 2.45) is 11.1 Å². The number of rotatable bonds is 3. The summed E-state index contributed by atoms with van der Waals surface area (Å²) in [4.78, 5) is 0. The van der Waals surface area contributed by atoms with Gasteiger partial charge < -0.3 is 10.5 Å². The zero-order valence-corrected chi connectivity index (χ0v) is 11.7. The smallest absolute Gasteiger partial charge is 0.122 e. The molecular formula is C17H25NO. The van der Waals surface area contributed by atoms with Crippen LogP contribution in [0, 0.1) is 5.41 Å². The fraction of sp³-hybridized carbons (Fsp3) is 0.647. The normalized spacial score (nSPS) is 25.4. The molecule has 1 aliphatic carbocycles. The second-order valence-electron chi connectivity index (χ2n) is 6.37. The first-order chi connectivity index (χ1) is 9.33. The number of ether oxygens (including phenoxy) is 1. The van der Waals surface area contributed by atoms with Gasteiger partial charge in [-0.25, -0.2) is 0 Å². The van der Waals surface area contributed by atoms with Gasteiger partial charge in [0.2, 0.25) is 0 Å². The van der Waals surface area contributed by atoms with Gasteiger partial charge in [-0.2, -0.15) is 0 Å². The maximum atomic E-state index is 6.16. The topological polar surface area (TPSA) is 35.2 Å². The summed E-state index contributed by atoms with van der Waals surface area (Å²) < 4.78 is 5.83. The molecule has 2 nitrogen and oxygen atoms in total. The number of para-hydroxylation sites is 1. The van der Waals surface area contributed by atoms with E-state index in [0.29, 0.717) is 11.3 Å². The molecule has 3 rings (SSSR count). The Bertz CT molecular complexity index is 421. The van der Waals surface area contributed by atoms with Gasteiger partial charge >= 0.3 is 0 Å². The standard InChI is InChI=1S/C17H25NO/c18-13-17(9-5-1-2-6-10-17)11-14-12-19-16-8-4-3-7-15(14)16/h3-4,7-8,14H,1-2,5-6,9-13,18H2. The minimum Gasteiger partial charge on any atom is -0.493 e. The van der Waals surface area contributed by atoms with Crippen LogP contribution in [0.5, 0.6) is 5.75 Å². The second-order valence-corrected chi connectivity index (χ2v) is 6.37. The van der Waals surface area contributed by atoms with E-state index in [-0.39, 0.29) is 0 Å². The lowest BCUT2D eigenvalue weighted by atomic mass is 9.72. The van der Waals surface area contributed by atoms with Crippen LogP contribution in [0.2, 0.25) is 0 Å².